The molecule has 7 heteroatoms. The second kappa shape index (κ2) is 8.65. The van der Waals surface area contributed by atoms with Gasteiger partial charge in [0.25, 0.3) is 0 Å². The molecule has 0 spiro atoms. The number of rotatable bonds is 4. The van der Waals surface area contributed by atoms with E-state index in [0.717, 1.165) is 54.2 Å². The van der Waals surface area contributed by atoms with Crippen LogP contribution in [-0.2, 0) is 4.79 Å². The third-order valence-corrected chi connectivity index (χ3v) is 6.15. The van der Waals surface area contributed by atoms with Gasteiger partial charge in [0.15, 0.2) is 0 Å². The summed E-state index contributed by atoms with van der Waals surface area (Å²) >= 11 is 0. The fourth-order valence-electron chi connectivity index (χ4n) is 4.39. The highest BCUT2D eigenvalue weighted by molar-refractivity contribution is 5.94. The molecular formula is C25H30FN5O. The molecule has 1 unspecified atom stereocenters. The number of pyridine rings is 1. The molecule has 1 aromatic heterocycles. The van der Waals surface area contributed by atoms with E-state index in [1.165, 1.54) is 0 Å². The average molecular weight is 436 g/mol. The Labute approximate surface area is 188 Å². The lowest BCUT2D eigenvalue weighted by Gasteiger charge is -2.35. The van der Waals surface area contributed by atoms with Crippen LogP contribution in [0.1, 0.15) is 36.7 Å². The molecule has 3 aromatic rings. The van der Waals surface area contributed by atoms with E-state index < -0.39 is 0 Å². The average Bonchev–Trinajstić information content (AvgIpc) is 2.76. The van der Waals surface area contributed by atoms with Gasteiger partial charge in [0, 0.05) is 66.8 Å². The zero-order chi connectivity index (χ0) is 23.0. The highest BCUT2D eigenvalue weighted by Crippen LogP contribution is 2.32. The highest BCUT2D eigenvalue weighted by atomic mass is 19.1. The summed E-state index contributed by atoms with van der Waals surface area (Å²) in [6.07, 6.45) is 0. The van der Waals surface area contributed by atoms with Crippen molar-refractivity contribution in [2.75, 3.05) is 42.1 Å². The van der Waals surface area contributed by atoms with Crippen LogP contribution in [-0.4, -0.2) is 42.0 Å². The van der Waals surface area contributed by atoms with Gasteiger partial charge < -0.3 is 20.9 Å². The van der Waals surface area contributed by atoms with E-state index in [-0.39, 0.29) is 17.8 Å². The largest absolute Gasteiger partial charge is 0.399 e. The van der Waals surface area contributed by atoms with Gasteiger partial charge in [-0.05, 0) is 62.7 Å². The number of benzene rings is 2. The van der Waals surface area contributed by atoms with Crippen molar-refractivity contribution in [1.82, 2.24) is 9.88 Å². The van der Waals surface area contributed by atoms with Crippen LogP contribution < -0.4 is 16.0 Å². The molecule has 1 saturated heterocycles. The van der Waals surface area contributed by atoms with Gasteiger partial charge in [-0.3, -0.25) is 9.78 Å². The smallest absolute Gasteiger partial charge is 0.219 e. The summed E-state index contributed by atoms with van der Waals surface area (Å²) in [5, 5.41) is 4.46. The number of halogens is 1. The maximum atomic E-state index is 14.8. The van der Waals surface area contributed by atoms with Gasteiger partial charge in [0.1, 0.15) is 5.82 Å². The molecule has 4 rings (SSSR count). The molecule has 3 N–H and O–H groups in total. The predicted molar refractivity (Wildman–Crippen MR) is 129 cm³/mol. The van der Waals surface area contributed by atoms with Crippen LogP contribution >= 0.6 is 0 Å². The van der Waals surface area contributed by atoms with Crippen LogP contribution in [0, 0.1) is 19.7 Å². The molecule has 168 valence electrons. The molecule has 1 fully saturated rings. The van der Waals surface area contributed by atoms with Crippen molar-refractivity contribution >= 4 is 33.9 Å². The summed E-state index contributed by atoms with van der Waals surface area (Å²) in [6, 6.07) is 11.3. The van der Waals surface area contributed by atoms with Crippen LogP contribution in [0.4, 0.5) is 21.5 Å². The van der Waals surface area contributed by atoms with Crippen molar-refractivity contribution in [3.63, 3.8) is 0 Å². The minimum atomic E-state index is -0.273. The Hall–Kier alpha value is -3.35. The van der Waals surface area contributed by atoms with Gasteiger partial charge >= 0.3 is 0 Å². The topological polar surface area (TPSA) is 74.5 Å². The number of amides is 1. The van der Waals surface area contributed by atoms with Gasteiger partial charge in [0.2, 0.25) is 5.91 Å². The van der Waals surface area contributed by atoms with Gasteiger partial charge in [0.05, 0.1) is 11.6 Å². The number of nitrogens with zero attached hydrogens (tertiary/aromatic N) is 3. The molecule has 0 aliphatic carbocycles. The van der Waals surface area contributed by atoms with E-state index in [1.54, 1.807) is 26.0 Å². The van der Waals surface area contributed by atoms with E-state index in [2.05, 4.69) is 27.3 Å². The minimum absolute atomic E-state index is 0.118. The lowest BCUT2D eigenvalue weighted by atomic mass is 10.0. The van der Waals surface area contributed by atoms with Gasteiger partial charge in [-0.2, -0.15) is 0 Å². The zero-order valence-corrected chi connectivity index (χ0v) is 19.1. The van der Waals surface area contributed by atoms with E-state index in [9.17, 15) is 9.18 Å². The summed E-state index contributed by atoms with van der Waals surface area (Å²) in [6.45, 7) is 10.2. The van der Waals surface area contributed by atoms with Gasteiger partial charge in [-0.1, -0.05) is 0 Å². The first-order chi connectivity index (χ1) is 15.2. The number of aromatic nitrogens is 1. The Morgan fingerprint density at radius 2 is 1.84 bits per heavy atom. The molecule has 0 bridgehead atoms. The van der Waals surface area contributed by atoms with E-state index in [4.69, 9.17) is 5.73 Å². The number of anilines is 3. The van der Waals surface area contributed by atoms with Gasteiger partial charge in [-0.25, -0.2) is 4.39 Å². The Bertz CT molecular complexity index is 1170. The van der Waals surface area contributed by atoms with Crippen molar-refractivity contribution in [3.8, 4) is 0 Å². The SMILES string of the molecule is CC(=O)N1CCN(c2ccc3nc(C)cc(NC(C)c4cc(N)cc(C)c4F)c3c2)CC1. The van der Waals surface area contributed by atoms with Crippen LogP contribution in [0.15, 0.2) is 36.4 Å². The van der Waals surface area contributed by atoms with Crippen molar-refractivity contribution in [2.45, 2.75) is 33.7 Å². The summed E-state index contributed by atoms with van der Waals surface area (Å²) in [5.41, 5.74) is 11.4. The Balaban J connectivity index is 1.66. The summed E-state index contributed by atoms with van der Waals surface area (Å²) < 4.78 is 14.8. The molecule has 1 atom stereocenters. The lowest BCUT2D eigenvalue weighted by Crippen LogP contribution is -2.48. The number of hydrogen-bond acceptors (Lipinski definition) is 5. The molecule has 1 aliphatic rings. The van der Waals surface area contributed by atoms with Crippen molar-refractivity contribution < 1.29 is 9.18 Å². The standard InChI is InChI=1S/C25H30FN5O/c1-15-11-19(27)13-21(25(15)26)17(3)29-24-12-16(2)28-23-6-5-20(14-22(23)24)31-9-7-30(8-10-31)18(4)32/h5-6,11-14,17H,7-10,27H2,1-4H3,(H,28,29). The van der Waals surface area contributed by atoms with Crippen LogP contribution in [0.2, 0.25) is 0 Å². The highest BCUT2D eigenvalue weighted by Gasteiger charge is 2.20. The zero-order valence-electron chi connectivity index (χ0n) is 19.1. The van der Waals surface area contributed by atoms with Crippen molar-refractivity contribution in [1.29, 1.82) is 0 Å². The Morgan fingerprint density at radius 1 is 1.12 bits per heavy atom. The number of hydrogen-bond donors (Lipinski definition) is 2. The molecule has 0 radical (unpaired) electrons. The summed E-state index contributed by atoms with van der Waals surface area (Å²) in [7, 11) is 0. The maximum absolute atomic E-state index is 14.8. The number of aryl methyl sites for hydroxylation is 2. The molecule has 1 amide bonds. The van der Waals surface area contributed by atoms with Crippen molar-refractivity contribution in [3.05, 3.63) is 59.0 Å². The summed E-state index contributed by atoms with van der Waals surface area (Å²) in [4.78, 5) is 20.5. The van der Waals surface area contributed by atoms with E-state index >= 15 is 0 Å². The molecule has 32 heavy (non-hydrogen) atoms. The number of nitrogens with two attached hydrogens (primary N) is 1. The molecule has 2 heterocycles. The number of nitrogen functional groups attached to an aromatic ring is 1. The van der Waals surface area contributed by atoms with Crippen LogP contribution in [0.5, 0.6) is 0 Å². The molecule has 1 aliphatic heterocycles. The number of carbonyl (C=O) groups is 1. The Morgan fingerprint density at radius 3 is 2.53 bits per heavy atom. The summed E-state index contributed by atoms with van der Waals surface area (Å²) in [5.74, 6) is -0.120. The number of piperazine rings is 1. The molecule has 6 nitrogen and oxygen atoms in total. The molecule has 0 saturated carbocycles. The normalized spacial score (nSPS) is 15.2. The number of fused-ring (bicyclic) bond motifs is 1. The van der Waals surface area contributed by atoms with Crippen molar-refractivity contribution in [2.24, 2.45) is 0 Å². The maximum Gasteiger partial charge on any atom is 0.219 e. The second-order valence-electron chi connectivity index (χ2n) is 8.61. The first kappa shape index (κ1) is 21.9. The predicted octanol–water partition coefficient (Wildman–Crippen LogP) is 4.41. The van der Waals surface area contributed by atoms with Crippen LogP contribution in [0.3, 0.4) is 0 Å². The lowest BCUT2D eigenvalue weighted by molar-refractivity contribution is -0.129. The fraction of sp³-hybridized carbons (Fsp3) is 0.360. The number of nitrogens with one attached hydrogen (secondary N) is 1. The van der Waals surface area contributed by atoms with Crippen LogP contribution in [0.25, 0.3) is 10.9 Å². The molecule has 2 aromatic carbocycles. The number of carbonyl (C=O) groups excluding carboxylic acids is 1. The van der Waals surface area contributed by atoms with Gasteiger partial charge in [-0.15, -0.1) is 0 Å². The first-order valence-electron chi connectivity index (χ1n) is 11.0. The third kappa shape index (κ3) is 4.33. The third-order valence-electron chi connectivity index (χ3n) is 6.15. The van der Waals surface area contributed by atoms with E-state index in [0.29, 0.717) is 16.8 Å². The minimum Gasteiger partial charge on any atom is -0.399 e. The fourth-order valence-corrected chi connectivity index (χ4v) is 4.39. The Kier molecular flexibility index (Phi) is 5.91. The first-order valence-corrected chi connectivity index (χ1v) is 11.0. The quantitative estimate of drug-likeness (QED) is 0.594. The second-order valence-corrected chi connectivity index (χ2v) is 8.61. The molecular weight excluding hydrogens is 405 g/mol. The van der Waals surface area contributed by atoms with E-state index in [1.807, 2.05) is 30.9 Å². The monoisotopic (exact) mass is 435 g/mol.